The van der Waals surface area contributed by atoms with Crippen LogP contribution in [-0.4, -0.2) is 26.6 Å². The zero-order chi connectivity index (χ0) is 22.0. The first-order chi connectivity index (χ1) is 14.9. The smallest absolute Gasteiger partial charge is 0.240 e. The molecule has 1 aliphatic rings. The van der Waals surface area contributed by atoms with Crippen molar-refractivity contribution in [3.63, 3.8) is 0 Å². The van der Waals surface area contributed by atoms with E-state index in [4.69, 9.17) is 4.74 Å². The van der Waals surface area contributed by atoms with Gasteiger partial charge in [0.2, 0.25) is 10.0 Å². The number of nitrogens with zero attached hydrogens (tertiary/aromatic N) is 1. The minimum absolute atomic E-state index is 0.167. The van der Waals surface area contributed by atoms with Crippen LogP contribution in [0.1, 0.15) is 44.1 Å². The van der Waals surface area contributed by atoms with Gasteiger partial charge in [0.15, 0.2) is 0 Å². The molecule has 1 atom stereocenters. The summed E-state index contributed by atoms with van der Waals surface area (Å²) in [4.78, 5) is 4.59. The summed E-state index contributed by atoms with van der Waals surface area (Å²) < 4.78 is 47.2. The summed E-state index contributed by atoms with van der Waals surface area (Å²) in [5.41, 5.74) is 1.94. The highest BCUT2D eigenvalue weighted by Crippen LogP contribution is 2.39. The molecule has 1 heterocycles. The van der Waals surface area contributed by atoms with Crippen LogP contribution < -0.4 is 9.46 Å². The standard InChI is InChI=1S/C24H27FN2O3S/c1-16(27-31(28,29)21-10-8-20(30-2)9-11-21)17-3-5-18(6-4-17)22-13-14-26-24-12-7-19(25)15-23(22)24/h7-18,27H,3-6H2,1-2H3/t16-,17?,18?/m1/s1. The van der Waals surface area contributed by atoms with Crippen LogP contribution in [0.4, 0.5) is 4.39 Å². The SMILES string of the molecule is COc1ccc(S(=O)(=O)N[C@H](C)C2CCC(c3ccnc4ccc(F)cc34)CC2)cc1. The van der Waals surface area contributed by atoms with Gasteiger partial charge in [0.1, 0.15) is 11.6 Å². The predicted octanol–water partition coefficient (Wildman–Crippen LogP) is 5.02. The zero-order valence-electron chi connectivity index (χ0n) is 17.7. The molecule has 2 aromatic carbocycles. The van der Waals surface area contributed by atoms with Crippen molar-refractivity contribution in [1.29, 1.82) is 0 Å². The second kappa shape index (κ2) is 8.93. The topological polar surface area (TPSA) is 68.3 Å². The first-order valence-electron chi connectivity index (χ1n) is 10.6. The van der Waals surface area contributed by atoms with E-state index in [1.54, 1.807) is 49.7 Å². The maximum Gasteiger partial charge on any atom is 0.240 e. The third kappa shape index (κ3) is 4.72. The Hall–Kier alpha value is -2.51. The lowest BCUT2D eigenvalue weighted by molar-refractivity contribution is 0.281. The molecule has 4 rings (SSSR count). The van der Waals surface area contributed by atoms with E-state index in [0.29, 0.717) is 11.7 Å². The molecule has 1 aliphatic carbocycles. The lowest BCUT2D eigenvalue weighted by Gasteiger charge is -2.33. The molecule has 1 fully saturated rings. The van der Waals surface area contributed by atoms with E-state index in [0.717, 1.165) is 42.1 Å². The van der Waals surface area contributed by atoms with E-state index in [1.807, 2.05) is 13.0 Å². The van der Waals surface area contributed by atoms with Crippen molar-refractivity contribution in [2.24, 2.45) is 5.92 Å². The summed E-state index contributed by atoms with van der Waals surface area (Å²) in [5.74, 6) is 0.953. The largest absolute Gasteiger partial charge is 0.497 e. The molecule has 0 amide bonds. The van der Waals surface area contributed by atoms with Gasteiger partial charge in [-0.05, 0) is 98.5 Å². The number of aromatic nitrogens is 1. The minimum Gasteiger partial charge on any atom is -0.497 e. The van der Waals surface area contributed by atoms with Gasteiger partial charge in [-0.2, -0.15) is 0 Å². The quantitative estimate of drug-likeness (QED) is 0.582. The summed E-state index contributed by atoms with van der Waals surface area (Å²) >= 11 is 0. The number of hydrogen-bond acceptors (Lipinski definition) is 4. The highest BCUT2D eigenvalue weighted by atomic mass is 32.2. The number of fused-ring (bicyclic) bond motifs is 1. The molecule has 31 heavy (non-hydrogen) atoms. The van der Waals surface area contributed by atoms with Crippen LogP contribution in [0.5, 0.6) is 5.75 Å². The summed E-state index contributed by atoms with van der Waals surface area (Å²) in [6.07, 6.45) is 5.49. The van der Waals surface area contributed by atoms with Crippen molar-refractivity contribution in [3.05, 3.63) is 66.1 Å². The van der Waals surface area contributed by atoms with Gasteiger partial charge >= 0.3 is 0 Å². The monoisotopic (exact) mass is 442 g/mol. The van der Waals surface area contributed by atoms with E-state index in [-0.39, 0.29) is 22.7 Å². The van der Waals surface area contributed by atoms with Crippen LogP contribution in [0.25, 0.3) is 10.9 Å². The molecular weight excluding hydrogens is 415 g/mol. The highest BCUT2D eigenvalue weighted by molar-refractivity contribution is 7.89. The molecule has 7 heteroatoms. The fraction of sp³-hybridized carbons (Fsp3) is 0.375. The molecule has 1 saturated carbocycles. The Morgan fingerprint density at radius 2 is 1.77 bits per heavy atom. The number of ether oxygens (including phenoxy) is 1. The highest BCUT2D eigenvalue weighted by Gasteiger charge is 2.29. The fourth-order valence-corrected chi connectivity index (χ4v) is 5.90. The third-order valence-electron chi connectivity index (χ3n) is 6.37. The van der Waals surface area contributed by atoms with Crippen molar-refractivity contribution >= 4 is 20.9 Å². The second-order valence-corrected chi connectivity index (χ2v) is 9.97. The van der Waals surface area contributed by atoms with Crippen molar-refractivity contribution in [2.75, 3.05) is 7.11 Å². The van der Waals surface area contributed by atoms with E-state index in [1.165, 1.54) is 6.07 Å². The van der Waals surface area contributed by atoms with Crippen LogP contribution in [0.15, 0.2) is 59.6 Å². The number of hydrogen-bond donors (Lipinski definition) is 1. The third-order valence-corrected chi connectivity index (χ3v) is 7.94. The molecule has 1 N–H and O–H groups in total. The Labute approximate surface area is 182 Å². The number of methoxy groups -OCH3 is 1. The van der Waals surface area contributed by atoms with Crippen molar-refractivity contribution in [1.82, 2.24) is 9.71 Å². The minimum atomic E-state index is -3.59. The van der Waals surface area contributed by atoms with Gasteiger partial charge in [0.25, 0.3) is 0 Å². The number of rotatable bonds is 6. The Balaban J connectivity index is 1.42. The van der Waals surface area contributed by atoms with Crippen LogP contribution in [0.3, 0.4) is 0 Å². The van der Waals surface area contributed by atoms with Crippen LogP contribution >= 0.6 is 0 Å². The van der Waals surface area contributed by atoms with Gasteiger partial charge in [0.05, 0.1) is 17.5 Å². The summed E-state index contributed by atoms with van der Waals surface area (Å²) in [7, 11) is -2.04. The Morgan fingerprint density at radius 3 is 2.45 bits per heavy atom. The van der Waals surface area contributed by atoms with Gasteiger partial charge in [-0.3, -0.25) is 4.98 Å². The van der Waals surface area contributed by atoms with Gasteiger partial charge in [-0.15, -0.1) is 0 Å². The molecule has 5 nitrogen and oxygen atoms in total. The predicted molar refractivity (Wildman–Crippen MR) is 119 cm³/mol. The molecule has 3 aromatic rings. The van der Waals surface area contributed by atoms with E-state index in [2.05, 4.69) is 9.71 Å². The molecule has 0 saturated heterocycles. The van der Waals surface area contributed by atoms with Gasteiger partial charge in [-0.1, -0.05) is 0 Å². The van der Waals surface area contributed by atoms with E-state index in [9.17, 15) is 12.8 Å². The van der Waals surface area contributed by atoms with Crippen LogP contribution in [0, 0.1) is 11.7 Å². The van der Waals surface area contributed by atoms with Crippen molar-refractivity contribution in [3.8, 4) is 5.75 Å². The Morgan fingerprint density at radius 1 is 1.06 bits per heavy atom. The number of nitrogens with one attached hydrogen (secondary N) is 1. The molecule has 0 aliphatic heterocycles. The number of pyridine rings is 1. The second-order valence-electron chi connectivity index (χ2n) is 8.26. The average molecular weight is 443 g/mol. The zero-order valence-corrected chi connectivity index (χ0v) is 18.5. The van der Waals surface area contributed by atoms with Crippen molar-refractivity contribution < 1.29 is 17.5 Å². The fourth-order valence-electron chi connectivity index (χ4n) is 4.59. The summed E-state index contributed by atoms with van der Waals surface area (Å²) in [6, 6.07) is 12.9. The molecule has 0 radical (unpaired) electrons. The maximum atomic E-state index is 13.8. The lowest BCUT2D eigenvalue weighted by Crippen LogP contribution is -2.39. The summed E-state index contributed by atoms with van der Waals surface area (Å²) in [6.45, 7) is 1.93. The van der Waals surface area contributed by atoms with Crippen molar-refractivity contribution in [2.45, 2.75) is 49.5 Å². The molecule has 0 unspecified atom stereocenters. The van der Waals surface area contributed by atoms with Gasteiger partial charge in [0, 0.05) is 17.6 Å². The van der Waals surface area contributed by atoms with E-state index >= 15 is 0 Å². The Kier molecular flexibility index (Phi) is 6.25. The Bertz CT molecular complexity index is 1160. The number of sulfonamides is 1. The first kappa shape index (κ1) is 21.7. The molecule has 164 valence electrons. The normalized spacial score (nSPS) is 20.5. The summed E-state index contributed by atoms with van der Waals surface area (Å²) in [5, 5.41) is 0.874. The first-order valence-corrected chi connectivity index (χ1v) is 12.1. The van der Waals surface area contributed by atoms with Gasteiger partial charge < -0.3 is 4.74 Å². The molecular formula is C24H27FN2O3S. The van der Waals surface area contributed by atoms with Crippen LogP contribution in [0.2, 0.25) is 0 Å². The van der Waals surface area contributed by atoms with Crippen LogP contribution in [-0.2, 0) is 10.0 Å². The number of benzene rings is 2. The molecule has 0 bridgehead atoms. The maximum absolute atomic E-state index is 13.8. The average Bonchev–Trinajstić information content (AvgIpc) is 2.78. The molecule has 0 spiro atoms. The lowest BCUT2D eigenvalue weighted by atomic mass is 9.76. The van der Waals surface area contributed by atoms with Gasteiger partial charge in [-0.25, -0.2) is 17.5 Å². The molecule has 1 aromatic heterocycles. The number of halogens is 1. The van der Waals surface area contributed by atoms with E-state index < -0.39 is 10.0 Å².